The van der Waals surface area contributed by atoms with Gasteiger partial charge in [0, 0.05) is 11.2 Å². The minimum absolute atomic E-state index is 0. The Labute approximate surface area is 57.9 Å². The van der Waals surface area contributed by atoms with Crippen LogP contribution in [-0.4, -0.2) is 37.7 Å². The van der Waals surface area contributed by atoms with Crippen molar-refractivity contribution in [3.8, 4) is 0 Å². The molecule has 0 aromatic rings. The quantitative estimate of drug-likeness (QED) is 0.505. The van der Waals surface area contributed by atoms with Crippen molar-refractivity contribution in [3.05, 3.63) is 0 Å². The van der Waals surface area contributed by atoms with Crippen LogP contribution >= 0.6 is 0 Å². The van der Waals surface area contributed by atoms with Crippen LogP contribution in [0, 0.1) is 0 Å². The van der Waals surface area contributed by atoms with Crippen molar-refractivity contribution in [1.82, 2.24) is 0 Å². The van der Waals surface area contributed by atoms with Gasteiger partial charge in [0.1, 0.15) is 0 Å². The van der Waals surface area contributed by atoms with Crippen LogP contribution in [0.3, 0.4) is 0 Å². The van der Waals surface area contributed by atoms with E-state index in [1.54, 1.807) is 0 Å². The second-order valence-electron chi connectivity index (χ2n) is 0.448. The van der Waals surface area contributed by atoms with Crippen LogP contribution < -0.4 is 0 Å². The number of rotatable bonds is 0. The van der Waals surface area contributed by atoms with Gasteiger partial charge in [-0.3, -0.25) is 9.11 Å². The summed E-state index contributed by atoms with van der Waals surface area (Å²) in [5.74, 6) is 0. The summed E-state index contributed by atoms with van der Waals surface area (Å²) in [6.07, 6.45) is 0. The molecular weight excluding hydrogens is 234 g/mol. The second-order valence-corrected chi connectivity index (χ2v) is 2.65. The Morgan fingerprint density at radius 3 is 1.50 bits per heavy atom. The molecule has 0 aliphatic rings. The number of hydrogen-bond acceptors (Lipinski definition) is 2. The van der Waals surface area contributed by atoms with Crippen LogP contribution in [0.5, 0.6) is 0 Å². The van der Waals surface area contributed by atoms with Gasteiger partial charge >= 0.3 is 24.4 Å². The van der Waals surface area contributed by atoms with E-state index >= 15 is 0 Å². The molecule has 0 atom stereocenters. The van der Waals surface area contributed by atoms with Crippen molar-refractivity contribution in [2.45, 2.75) is 0 Å². The fourth-order valence-electron chi connectivity index (χ4n) is 0. The van der Waals surface area contributed by atoms with Gasteiger partial charge in [0.15, 0.2) is 0 Å². The van der Waals surface area contributed by atoms with Crippen molar-refractivity contribution < 1.29 is 13.3 Å². The first-order chi connectivity index (χ1) is 2.00. The monoisotopic (exact) mass is 238 g/mol. The Morgan fingerprint density at radius 1 is 1.50 bits per heavy atom. The van der Waals surface area contributed by atoms with E-state index in [0.29, 0.717) is 0 Å². The molecule has 0 aliphatic carbocycles. The van der Waals surface area contributed by atoms with Gasteiger partial charge in [0.05, 0.1) is 0 Å². The molecule has 0 saturated carbocycles. The van der Waals surface area contributed by atoms with Crippen molar-refractivity contribution in [1.29, 1.82) is 0 Å². The van der Waals surface area contributed by atoms with E-state index in [1.165, 1.54) is 0 Å². The molecule has 6 heteroatoms. The van der Waals surface area contributed by atoms with E-state index in [0.717, 1.165) is 0 Å². The van der Waals surface area contributed by atoms with Crippen molar-refractivity contribution in [3.63, 3.8) is 0 Å². The molecule has 0 heterocycles. The third kappa shape index (κ3) is 70.2. The Hall–Kier alpha value is 1.11. The van der Waals surface area contributed by atoms with Crippen molar-refractivity contribution >= 4 is 44.7 Å². The zero-order chi connectivity index (χ0) is 4.50. The first kappa shape index (κ1) is 10.2. The van der Waals surface area contributed by atoms with E-state index in [-0.39, 0.29) is 24.4 Å². The minimum atomic E-state index is -3.83. The fourth-order valence-corrected chi connectivity index (χ4v) is 0. The average molecular weight is 239 g/mol. The molecule has 0 aromatic carbocycles. The summed E-state index contributed by atoms with van der Waals surface area (Å²) in [6.45, 7) is 0. The van der Waals surface area contributed by atoms with Gasteiger partial charge < -0.3 is 0 Å². The summed E-state index contributed by atoms with van der Waals surface area (Å²) in [7, 11) is -3.83. The Bertz CT molecular complexity index is 92.0. The zero-order valence-corrected chi connectivity index (χ0v) is 8.50. The van der Waals surface area contributed by atoms with Crippen LogP contribution in [0.4, 0.5) is 0 Å². The third-order valence-corrected chi connectivity index (χ3v) is 0. The Balaban J connectivity index is 0. The van der Waals surface area contributed by atoms with Crippen LogP contribution in [0.25, 0.3) is 0 Å². The SMILES string of the molecule is O=S(O)(O)=S.[SbH3]. The Kier molecular flexibility index (Phi) is 5.34. The molecule has 40 valence electrons. The summed E-state index contributed by atoms with van der Waals surface area (Å²) in [5, 5.41) is 0. The van der Waals surface area contributed by atoms with Crippen LogP contribution in [0.2, 0.25) is 0 Å². The van der Waals surface area contributed by atoms with Gasteiger partial charge in [-0.25, -0.2) is 0 Å². The first-order valence-corrected chi connectivity index (χ1v) is 3.10. The summed E-state index contributed by atoms with van der Waals surface area (Å²) in [4.78, 5) is 0. The predicted molar refractivity (Wildman–Crippen MR) is 30.7 cm³/mol. The van der Waals surface area contributed by atoms with Gasteiger partial charge in [0.25, 0.3) is 9.05 Å². The summed E-state index contributed by atoms with van der Waals surface area (Å²) < 4.78 is 24.0. The van der Waals surface area contributed by atoms with E-state index in [4.69, 9.17) is 13.3 Å². The molecule has 0 spiro atoms. The van der Waals surface area contributed by atoms with Crippen LogP contribution in [0.1, 0.15) is 0 Å². The maximum absolute atomic E-state index is 9.11. The van der Waals surface area contributed by atoms with Gasteiger partial charge in [-0.15, -0.1) is 0 Å². The average Bonchev–Trinajstić information content (AvgIpc) is 0.722. The summed E-state index contributed by atoms with van der Waals surface area (Å²) in [5.41, 5.74) is 0. The molecule has 0 rings (SSSR count). The van der Waals surface area contributed by atoms with E-state index < -0.39 is 9.05 Å². The fraction of sp³-hybridized carbons (Fsp3) is 0. The predicted octanol–water partition coefficient (Wildman–Crippen LogP) is -1.51. The van der Waals surface area contributed by atoms with Gasteiger partial charge in [-0.1, -0.05) is 0 Å². The molecule has 0 amide bonds. The zero-order valence-electron chi connectivity index (χ0n) is 2.83. The maximum atomic E-state index is 9.11. The molecule has 0 aromatic heterocycles. The topological polar surface area (TPSA) is 57.5 Å². The van der Waals surface area contributed by atoms with Gasteiger partial charge in [-0.05, 0) is 0 Å². The van der Waals surface area contributed by atoms with Gasteiger partial charge in [0.2, 0.25) is 0 Å². The summed E-state index contributed by atoms with van der Waals surface area (Å²) in [6, 6.07) is 0. The number of hydrogen-bond donors (Lipinski definition) is 2. The summed E-state index contributed by atoms with van der Waals surface area (Å²) >= 11 is 3.47. The van der Waals surface area contributed by atoms with E-state index in [2.05, 4.69) is 11.2 Å². The molecule has 2 N–H and O–H groups in total. The molecule has 0 unspecified atom stereocenters. The molecular formula is H5O3S2Sb. The molecule has 3 nitrogen and oxygen atoms in total. The van der Waals surface area contributed by atoms with Crippen molar-refractivity contribution in [2.75, 3.05) is 0 Å². The standard InChI is InChI=1S/H2O3S2.Sb.3H/c1-5(2,3)4;;;;/h(H2,1,2,3,4);;;;. The normalized spacial score (nSPS) is 9.67. The van der Waals surface area contributed by atoms with Crippen molar-refractivity contribution in [2.24, 2.45) is 0 Å². The Morgan fingerprint density at radius 2 is 1.50 bits per heavy atom. The molecule has 6 heavy (non-hydrogen) atoms. The van der Waals surface area contributed by atoms with Crippen LogP contribution in [0.15, 0.2) is 0 Å². The second kappa shape index (κ2) is 3.15. The van der Waals surface area contributed by atoms with E-state index in [1.807, 2.05) is 0 Å². The molecule has 0 bridgehead atoms. The van der Waals surface area contributed by atoms with Crippen LogP contribution in [-0.2, 0) is 20.2 Å². The first-order valence-electron chi connectivity index (χ1n) is 0.698. The van der Waals surface area contributed by atoms with E-state index in [9.17, 15) is 0 Å². The molecule has 0 saturated heterocycles. The third-order valence-electron chi connectivity index (χ3n) is 0. The molecule has 0 fully saturated rings. The molecule has 0 radical (unpaired) electrons. The van der Waals surface area contributed by atoms with Gasteiger partial charge in [-0.2, -0.15) is 4.21 Å². The molecule has 0 aliphatic heterocycles.